The molecule has 2 aromatic rings. The van der Waals surface area contributed by atoms with Gasteiger partial charge in [-0.1, -0.05) is 36.7 Å². The van der Waals surface area contributed by atoms with Crippen molar-refractivity contribution in [2.75, 3.05) is 5.32 Å². The average Bonchev–Trinajstić information content (AvgIpc) is 2.82. The van der Waals surface area contributed by atoms with Gasteiger partial charge in [-0.05, 0) is 42.2 Å². The molecule has 0 radical (unpaired) electrons. The molecule has 0 aliphatic heterocycles. The van der Waals surface area contributed by atoms with Crippen molar-refractivity contribution in [2.45, 2.75) is 62.1 Å². The number of nitrogens with two attached hydrogens (primary N) is 1. The Morgan fingerprint density at radius 3 is 1.76 bits per heavy atom. The maximum absolute atomic E-state index is 15.6. The van der Waals surface area contributed by atoms with E-state index < -0.39 is 57.9 Å². The summed E-state index contributed by atoms with van der Waals surface area (Å²) >= 11 is 5.99. The van der Waals surface area contributed by atoms with Gasteiger partial charge < -0.3 is 11.1 Å². The van der Waals surface area contributed by atoms with E-state index in [-0.39, 0.29) is 41.4 Å². The predicted octanol–water partition coefficient (Wildman–Crippen LogP) is 7.28. The van der Waals surface area contributed by atoms with Crippen LogP contribution in [-0.4, -0.2) is 35.5 Å². The van der Waals surface area contributed by atoms with Crippen molar-refractivity contribution in [3.8, 4) is 0 Å². The Kier molecular flexibility index (Phi) is 7.06. The number of amides is 1. The smallest absolute Gasteiger partial charge is 0.326 e. The monoisotopic (exact) mass is 582 g/mol. The number of halogens is 12. The summed E-state index contributed by atoms with van der Waals surface area (Å²) in [6, 6.07) is 4.10. The summed E-state index contributed by atoms with van der Waals surface area (Å²) in [6.07, 6.45) is -0.354. The molecule has 3 rings (SSSR count). The number of hydrogen-bond donors (Lipinski definition) is 2. The zero-order chi connectivity index (χ0) is 29.3. The van der Waals surface area contributed by atoms with Gasteiger partial charge in [0.25, 0.3) is 11.6 Å². The Morgan fingerprint density at radius 2 is 1.32 bits per heavy atom. The van der Waals surface area contributed by atoms with Crippen molar-refractivity contribution in [1.82, 2.24) is 0 Å². The summed E-state index contributed by atoms with van der Waals surface area (Å²) in [5, 5.41) is 2.40. The minimum absolute atomic E-state index is 0.0333. The largest absolute Gasteiger partial charge is 0.384 e. The summed E-state index contributed by atoms with van der Waals surface area (Å²) in [5.74, 6) is -36.6. The predicted molar refractivity (Wildman–Crippen MR) is 115 cm³/mol. The lowest BCUT2D eigenvalue weighted by molar-refractivity contribution is -0.489. The second-order valence-corrected chi connectivity index (χ2v) is 9.08. The van der Waals surface area contributed by atoms with Gasteiger partial charge in [0.1, 0.15) is 0 Å². The number of hydrogen-bond acceptors (Lipinski definition) is 2. The third-order valence-electron chi connectivity index (χ3n) is 6.41. The van der Waals surface area contributed by atoms with Crippen LogP contribution in [0.4, 0.5) is 54.0 Å². The summed E-state index contributed by atoms with van der Waals surface area (Å²) in [6.45, 7) is 2.22. The molecule has 1 amide bonds. The van der Waals surface area contributed by atoms with Crippen LogP contribution in [0.3, 0.4) is 0 Å². The molecule has 0 saturated heterocycles. The molecule has 0 unspecified atom stereocenters. The topological polar surface area (TPSA) is 55.1 Å². The SMILES string of the molecule is CCc1cc(C2(F)C(F)(F)C(F)(F)C(F)(F)C(F)(F)C2(F)F)cc(C)c1NC(=O)c1ccc(CN)c(Cl)c1. The number of rotatable bonds is 5. The van der Waals surface area contributed by atoms with Crippen LogP contribution in [0.5, 0.6) is 0 Å². The molecule has 3 nitrogen and oxygen atoms in total. The fourth-order valence-electron chi connectivity index (χ4n) is 4.14. The Morgan fingerprint density at radius 1 is 0.816 bits per heavy atom. The molecule has 0 atom stereocenters. The number of carbonyl (C=O) groups excluding carboxylic acids is 1. The molecule has 0 heterocycles. The first kappa shape index (κ1) is 29.9. The number of benzene rings is 2. The molecule has 1 saturated carbocycles. The van der Waals surface area contributed by atoms with Crippen LogP contribution >= 0.6 is 11.6 Å². The van der Waals surface area contributed by atoms with Crippen molar-refractivity contribution >= 4 is 23.2 Å². The molecular formula is C23H18ClF11N2O. The molecule has 2 aromatic carbocycles. The normalized spacial score (nSPS) is 22.1. The Balaban J connectivity index is 2.18. The first-order valence-electron chi connectivity index (χ1n) is 10.7. The van der Waals surface area contributed by atoms with E-state index >= 15 is 4.39 Å². The molecule has 0 bridgehead atoms. The number of nitrogens with one attached hydrogen (secondary N) is 1. The van der Waals surface area contributed by atoms with Gasteiger partial charge in [0, 0.05) is 28.4 Å². The molecule has 15 heteroatoms. The van der Waals surface area contributed by atoms with Gasteiger partial charge >= 0.3 is 29.6 Å². The second kappa shape index (κ2) is 8.97. The van der Waals surface area contributed by atoms with Crippen LogP contribution < -0.4 is 11.1 Å². The van der Waals surface area contributed by atoms with Gasteiger partial charge in [0.15, 0.2) is 0 Å². The molecule has 210 valence electrons. The number of alkyl halides is 11. The van der Waals surface area contributed by atoms with E-state index in [4.69, 9.17) is 17.3 Å². The van der Waals surface area contributed by atoms with E-state index in [0.29, 0.717) is 5.56 Å². The molecule has 3 N–H and O–H groups in total. The van der Waals surface area contributed by atoms with Crippen LogP contribution in [-0.2, 0) is 18.6 Å². The van der Waals surface area contributed by atoms with Crippen LogP contribution in [0.2, 0.25) is 5.02 Å². The van der Waals surface area contributed by atoms with Crippen LogP contribution in [0.25, 0.3) is 0 Å². The molecule has 1 aliphatic carbocycles. The van der Waals surface area contributed by atoms with Gasteiger partial charge in [-0.3, -0.25) is 4.79 Å². The fourth-order valence-corrected chi connectivity index (χ4v) is 4.40. The number of anilines is 1. The molecule has 1 aliphatic rings. The lowest BCUT2D eigenvalue weighted by Gasteiger charge is -2.52. The zero-order valence-electron chi connectivity index (χ0n) is 19.3. The van der Waals surface area contributed by atoms with Crippen molar-refractivity contribution in [1.29, 1.82) is 0 Å². The molecule has 0 spiro atoms. The third-order valence-corrected chi connectivity index (χ3v) is 6.76. The Hall–Kier alpha value is -2.61. The molecule has 1 fully saturated rings. The van der Waals surface area contributed by atoms with E-state index in [1.54, 1.807) is 0 Å². The van der Waals surface area contributed by atoms with E-state index in [1.165, 1.54) is 25.1 Å². The summed E-state index contributed by atoms with van der Waals surface area (Å²) in [4.78, 5) is 12.7. The standard InChI is InChI=1S/C23H18ClF11N2O/c1-3-11-7-14(6-10(2)16(11)37-17(38)12-4-5-13(9-36)15(24)8-12)18(25)19(26,27)21(30,31)23(34,35)22(32,33)20(18,28)29/h4-8H,3,9,36H2,1-2H3,(H,37,38). The van der Waals surface area contributed by atoms with Crippen LogP contribution in [0, 0.1) is 6.92 Å². The van der Waals surface area contributed by atoms with Crippen molar-refractivity contribution in [3.63, 3.8) is 0 Å². The average molecular weight is 583 g/mol. The molecule has 38 heavy (non-hydrogen) atoms. The third kappa shape index (κ3) is 3.62. The highest BCUT2D eigenvalue weighted by molar-refractivity contribution is 6.31. The molecule has 0 aromatic heterocycles. The minimum Gasteiger partial charge on any atom is -0.326 e. The minimum atomic E-state index is -7.31. The maximum Gasteiger partial charge on any atom is 0.384 e. The first-order chi connectivity index (χ1) is 17.2. The Bertz CT molecular complexity index is 1250. The Labute approximate surface area is 213 Å². The zero-order valence-corrected chi connectivity index (χ0v) is 20.1. The van der Waals surface area contributed by atoms with Gasteiger partial charge in [-0.2, -0.15) is 43.9 Å². The van der Waals surface area contributed by atoms with E-state index in [0.717, 1.165) is 6.92 Å². The van der Waals surface area contributed by atoms with Crippen LogP contribution in [0.15, 0.2) is 30.3 Å². The molecular weight excluding hydrogens is 565 g/mol. The first-order valence-corrected chi connectivity index (χ1v) is 11.1. The summed E-state index contributed by atoms with van der Waals surface area (Å²) in [7, 11) is 0. The van der Waals surface area contributed by atoms with Crippen molar-refractivity contribution < 1.29 is 53.1 Å². The van der Waals surface area contributed by atoms with Gasteiger partial charge in [0.2, 0.25) is 0 Å². The number of aryl methyl sites for hydroxylation is 2. The summed E-state index contributed by atoms with van der Waals surface area (Å²) in [5.41, 5.74) is -3.71. The van der Waals surface area contributed by atoms with Gasteiger partial charge in [0.05, 0.1) is 0 Å². The lowest BCUT2D eigenvalue weighted by Crippen LogP contribution is -2.82. The quantitative estimate of drug-likeness (QED) is 0.364. The highest BCUT2D eigenvalue weighted by Gasteiger charge is 3.01. The summed E-state index contributed by atoms with van der Waals surface area (Å²) < 4.78 is 157. The second-order valence-electron chi connectivity index (χ2n) is 8.68. The van der Waals surface area contributed by atoms with E-state index in [1.807, 2.05) is 0 Å². The van der Waals surface area contributed by atoms with Gasteiger partial charge in [-0.25, -0.2) is 4.39 Å². The van der Waals surface area contributed by atoms with Crippen molar-refractivity contribution in [3.05, 3.63) is 63.2 Å². The van der Waals surface area contributed by atoms with E-state index in [2.05, 4.69) is 5.32 Å². The maximum atomic E-state index is 15.6. The van der Waals surface area contributed by atoms with Crippen LogP contribution in [0.1, 0.15) is 39.5 Å². The highest BCUT2D eigenvalue weighted by atomic mass is 35.5. The van der Waals surface area contributed by atoms with Crippen molar-refractivity contribution in [2.24, 2.45) is 5.73 Å². The number of carbonyl (C=O) groups is 1. The fraction of sp³-hybridized carbons (Fsp3) is 0.435. The highest BCUT2D eigenvalue weighted by Crippen LogP contribution is 2.72. The van der Waals surface area contributed by atoms with E-state index in [9.17, 15) is 48.7 Å². The lowest BCUT2D eigenvalue weighted by atomic mass is 9.68. The van der Waals surface area contributed by atoms with Gasteiger partial charge in [-0.15, -0.1) is 0 Å².